The lowest BCUT2D eigenvalue weighted by Gasteiger charge is -2.48. The molecule has 0 saturated heterocycles. The van der Waals surface area contributed by atoms with Gasteiger partial charge >= 0.3 is 5.97 Å². The minimum absolute atomic E-state index is 0.357. The second-order valence-corrected chi connectivity index (χ2v) is 7.98. The van der Waals surface area contributed by atoms with Crippen LogP contribution in [0.25, 0.3) is 0 Å². The Bertz CT molecular complexity index is 894. The van der Waals surface area contributed by atoms with Crippen molar-refractivity contribution in [2.75, 3.05) is 0 Å². The quantitative estimate of drug-likeness (QED) is 0.435. The van der Waals surface area contributed by atoms with E-state index in [0.29, 0.717) is 0 Å². The molecular weight excluding hydrogens is 394 g/mol. The first kappa shape index (κ1) is 21.7. The summed E-state index contributed by atoms with van der Waals surface area (Å²) in [5, 5.41) is 9.29. The van der Waals surface area contributed by atoms with Gasteiger partial charge in [-0.3, -0.25) is 4.79 Å². The fourth-order valence-electron chi connectivity index (χ4n) is 3.91. The molecule has 1 N–H and O–H groups in total. The van der Waals surface area contributed by atoms with Crippen LogP contribution in [0.1, 0.15) is 30.5 Å². The Morgan fingerprint density at radius 3 is 1.37 bits per heavy atom. The van der Waals surface area contributed by atoms with Gasteiger partial charge in [0.2, 0.25) is 5.91 Å². The normalized spacial score (nSPS) is 13.3. The Kier molecular flexibility index (Phi) is 6.63. The molecule has 0 fully saturated rings. The molecule has 3 aromatic rings. The number of aliphatic carboxylic acids is 1. The molecule has 30 heavy (non-hydrogen) atoms. The van der Waals surface area contributed by atoms with E-state index in [4.69, 9.17) is 0 Å². The van der Waals surface area contributed by atoms with E-state index in [1.165, 1.54) is 4.90 Å². The zero-order valence-corrected chi connectivity index (χ0v) is 17.9. The summed E-state index contributed by atoms with van der Waals surface area (Å²) >= 11 is 4.38. The van der Waals surface area contributed by atoms with Crippen molar-refractivity contribution in [1.82, 2.24) is 4.90 Å². The van der Waals surface area contributed by atoms with Gasteiger partial charge in [-0.2, -0.15) is 12.6 Å². The molecular formula is C25H25NO3S. The number of carboxylic acid groups (broad SMARTS) is 1. The van der Waals surface area contributed by atoms with Crippen molar-refractivity contribution < 1.29 is 14.7 Å². The maximum atomic E-state index is 13.5. The highest BCUT2D eigenvalue weighted by atomic mass is 32.1. The molecule has 3 rings (SSSR count). The van der Waals surface area contributed by atoms with Gasteiger partial charge in [-0.15, -0.1) is 0 Å². The summed E-state index contributed by atoms with van der Waals surface area (Å²) in [7, 11) is 0. The zero-order chi connectivity index (χ0) is 21.7. The highest BCUT2D eigenvalue weighted by Gasteiger charge is 2.48. The molecule has 0 aliphatic rings. The van der Waals surface area contributed by atoms with Gasteiger partial charge in [0.1, 0.15) is 11.6 Å². The third kappa shape index (κ3) is 3.85. The van der Waals surface area contributed by atoms with E-state index in [1.807, 2.05) is 91.0 Å². The fraction of sp³-hybridized carbons (Fsp3) is 0.200. The third-order valence-electron chi connectivity index (χ3n) is 5.28. The predicted octanol–water partition coefficient (Wildman–Crippen LogP) is 4.60. The monoisotopic (exact) mass is 419 g/mol. The molecule has 1 unspecified atom stereocenters. The number of rotatable bonds is 7. The van der Waals surface area contributed by atoms with Crippen LogP contribution in [0.4, 0.5) is 0 Å². The average molecular weight is 420 g/mol. The van der Waals surface area contributed by atoms with Crippen LogP contribution in [0.2, 0.25) is 0 Å². The van der Waals surface area contributed by atoms with Gasteiger partial charge in [0.25, 0.3) is 0 Å². The smallest absolute Gasteiger partial charge is 0.326 e. The van der Waals surface area contributed by atoms with E-state index < -0.39 is 22.8 Å². The molecule has 1 amide bonds. The Hall–Kier alpha value is -3.05. The molecule has 0 bridgehead atoms. The van der Waals surface area contributed by atoms with Crippen LogP contribution >= 0.6 is 12.6 Å². The maximum Gasteiger partial charge on any atom is 0.326 e. The van der Waals surface area contributed by atoms with E-state index in [0.717, 1.165) is 16.7 Å². The molecule has 154 valence electrons. The topological polar surface area (TPSA) is 57.6 Å². The Labute approximate surface area is 182 Å². The van der Waals surface area contributed by atoms with Crippen LogP contribution in [-0.4, -0.2) is 33.2 Å². The SMILES string of the molecule is CC(S)C(=O)N([C@@H](C)C(=O)O)C(c1ccccc1)(c1ccccc1)c1ccccc1. The molecule has 0 spiro atoms. The first-order valence-corrected chi connectivity index (χ1v) is 10.3. The molecule has 3 aromatic carbocycles. The lowest BCUT2D eigenvalue weighted by Crippen LogP contribution is -2.58. The van der Waals surface area contributed by atoms with Gasteiger partial charge in [0, 0.05) is 0 Å². The number of carboxylic acids is 1. The van der Waals surface area contributed by atoms with Crippen LogP contribution < -0.4 is 0 Å². The van der Waals surface area contributed by atoms with Gasteiger partial charge in [0.15, 0.2) is 0 Å². The van der Waals surface area contributed by atoms with E-state index in [9.17, 15) is 14.7 Å². The van der Waals surface area contributed by atoms with Crippen LogP contribution in [0.5, 0.6) is 0 Å². The molecule has 4 nitrogen and oxygen atoms in total. The lowest BCUT2D eigenvalue weighted by molar-refractivity contribution is -0.153. The average Bonchev–Trinajstić information content (AvgIpc) is 2.78. The summed E-state index contributed by atoms with van der Waals surface area (Å²) in [5.41, 5.74) is 1.27. The summed E-state index contributed by atoms with van der Waals surface area (Å²) in [4.78, 5) is 27.2. The van der Waals surface area contributed by atoms with E-state index >= 15 is 0 Å². The van der Waals surface area contributed by atoms with Gasteiger partial charge in [-0.25, -0.2) is 4.79 Å². The summed E-state index contributed by atoms with van der Waals surface area (Å²) in [6.45, 7) is 3.21. The maximum absolute atomic E-state index is 13.5. The van der Waals surface area contributed by atoms with Gasteiger partial charge in [-0.05, 0) is 30.5 Å². The van der Waals surface area contributed by atoms with Gasteiger partial charge < -0.3 is 10.0 Å². The second-order valence-electron chi connectivity index (χ2n) is 7.21. The summed E-state index contributed by atoms with van der Waals surface area (Å²) in [5.74, 6) is -1.44. The van der Waals surface area contributed by atoms with Crippen LogP contribution in [0, 0.1) is 0 Å². The fourth-order valence-corrected chi connectivity index (χ4v) is 4.04. The molecule has 0 heterocycles. The molecule has 0 saturated carbocycles. The number of nitrogens with zero attached hydrogens (tertiary/aromatic N) is 1. The second kappa shape index (κ2) is 9.18. The van der Waals surface area contributed by atoms with Crippen molar-refractivity contribution in [3.8, 4) is 0 Å². The molecule has 0 radical (unpaired) electrons. The Balaban J connectivity index is 2.49. The van der Waals surface area contributed by atoms with E-state index in [-0.39, 0.29) is 5.91 Å². The highest BCUT2D eigenvalue weighted by molar-refractivity contribution is 7.81. The minimum Gasteiger partial charge on any atom is -0.480 e. The molecule has 0 aromatic heterocycles. The zero-order valence-electron chi connectivity index (χ0n) is 17.0. The van der Waals surface area contributed by atoms with Crippen LogP contribution in [0.15, 0.2) is 91.0 Å². The Morgan fingerprint density at radius 1 is 0.767 bits per heavy atom. The van der Waals surface area contributed by atoms with E-state index in [1.54, 1.807) is 13.8 Å². The number of amides is 1. The van der Waals surface area contributed by atoms with Crippen molar-refractivity contribution in [2.24, 2.45) is 0 Å². The van der Waals surface area contributed by atoms with Gasteiger partial charge in [-0.1, -0.05) is 91.0 Å². The number of benzene rings is 3. The van der Waals surface area contributed by atoms with Crippen molar-refractivity contribution in [3.05, 3.63) is 108 Å². The van der Waals surface area contributed by atoms with Crippen molar-refractivity contribution >= 4 is 24.5 Å². The molecule has 0 aliphatic carbocycles. The number of thiol groups is 1. The van der Waals surface area contributed by atoms with Crippen LogP contribution in [-0.2, 0) is 15.1 Å². The Morgan fingerprint density at radius 2 is 1.10 bits per heavy atom. The standard InChI is InChI=1S/C25H25NO3S/c1-18(24(28)29)26(23(27)19(2)30)25(20-12-6-3-7-13-20,21-14-8-4-9-15-21)22-16-10-5-11-17-22/h3-19,30H,1-2H3,(H,28,29)/t18-,19?/m0/s1. The molecule has 5 heteroatoms. The lowest BCUT2D eigenvalue weighted by atomic mass is 9.74. The summed E-state index contributed by atoms with van der Waals surface area (Å²) < 4.78 is 0. The molecule has 0 aliphatic heterocycles. The summed E-state index contributed by atoms with van der Waals surface area (Å²) in [6, 6.07) is 27.6. The van der Waals surface area contributed by atoms with E-state index in [2.05, 4.69) is 12.6 Å². The van der Waals surface area contributed by atoms with Gasteiger partial charge in [0.05, 0.1) is 5.25 Å². The largest absolute Gasteiger partial charge is 0.480 e. The number of carbonyl (C=O) groups excluding carboxylic acids is 1. The first-order valence-electron chi connectivity index (χ1n) is 9.81. The van der Waals surface area contributed by atoms with Crippen molar-refractivity contribution in [2.45, 2.75) is 30.7 Å². The van der Waals surface area contributed by atoms with Crippen molar-refractivity contribution in [1.29, 1.82) is 0 Å². The predicted molar refractivity (Wildman–Crippen MR) is 122 cm³/mol. The van der Waals surface area contributed by atoms with Crippen molar-refractivity contribution in [3.63, 3.8) is 0 Å². The van der Waals surface area contributed by atoms with Crippen LogP contribution in [0.3, 0.4) is 0 Å². The first-order chi connectivity index (χ1) is 14.4. The molecule has 2 atom stereocenters. The minimum atomic E-state index is -1.14. The third-order valence-corrected chi connectivity index (χ3v) is 5.50. The highest BCUT2D eigenvalue weighted by Crippen LogP contribution is 2.44. The summed E-state index contributed by atoms with van der Waals surface area (Å²) in [6.07, 6.45) is 0. The number of carbonyl (C=O) groups is 2. The number of hydrogen-bond donors (Lipinski definition) is 2. The number of hydrogen-bond acceptors (Lipinski definition) is 3.